The van der Waals surface area contributed by atoms with Crippen LogP contribution >= 0.6 is 15.9 Å². The van der Waals surface area contributed by atoms with Gasteiger partial charge in [-0.25, -0.2) is 0 Å². The minimum atomic E-state index is -1.16. The van der Waals surface area contributed by atoms with Crippen molar-refractivity contribution in [2.75, 3.05) is 26.3 Å². The van der Waals surface area contributed by atoms with Crippen LogP contribution in [0.25, 0.3) is 0 Å². The van der Waals surface area contributed by atoms with Crippen LogP contribution in [-0.2, 0) is 23.9 Å². The van der Waals surface area contributed by atoms with Gasteiger partial charge in [-0.15, -0.1) is 13.2 Å². The van der Waals surface area contributed by atoms with Crippen LogP contribution in [0.15, 0.2) is 25.3 Å². The Morgan fingerprint density at radius 1 is 1.30 bits per heavy atom. The number of likely N-dealkylation sites (tertiary alicyclic amines) is 1. The Hall–Kier alpha value is -1.71. The molecule has 1 N–H and O–H groups in total. The third-order valence-electron chi connectivity index (χ3n) is 8.04. The summed E-state index contributed by atoms with van der Waals surface area (Å²) >= 11 is 3.68. The highest BCUT2D eigenvalue weighted by Crippen LogP contribution is 2.61. The number of hydrogen-bond acceptors (Lipinski definition) is 6. The number of alkyl halides is 1. The molecule has 0 radical (unpaired) electrons. The summed E-state index contributed by atoms with van der Waals surface area (Å²) in [5.74, 6) is -2.72. The van der Waals surface area contributed by atoms with Crippen molar-refractivity contribution in [3.8, 4) is 0 Å². The Morgan fingerprint density at radius 3 is 2.62 bits per heavy atom. The molecule has 0 saturated carbocycles. The summed E-state index contributed by atoms with van der Waals surface area (Å²) in [5, 5.41) is 10.3. The number of allylic oxidation sites excluding steroid dienone is 1. The second kappa shape index (κ2) is 12.9. The Morgan fingerprint density at radius 2 is 2.03 bits per heavy atom. The minimum absolute atomic E-state index is 0.102. The fourth-order valence-corrected chi connectivity index (χ4v) is 7.17. The van der Waals surface area contributed by atoms with Gasteiger partial charge in [0.1, 0.15) is 11.6 Å². The summed E-state index contributed by atoms with van der Waals surface area (Å²) in [6.45, 7) is 14.3. The highest BCUT2D eigenvalue weighted by molar-refractivity contribution is 9.09. The zero-order valence-corrected chi connectivity index (χ0v) is 24.0. The first-order valence-corrected chi connectivity index (χ1v) is 14.5. The summed E-state index contributed by atoms with van der Waals surface area (Å²) in [7, 11) is 0. The second-order valence-electron chi connectivity index (χ2n) is 10.8. The molecule has 3 fully saturated rings. The number of halogens is 1. The molecule has 8 nitrogen and oxygen atoms in total. The summed E-state index contributed by atoms with van der Waals surface area (Å²) in [6.07, 6.45) is 7.53. The van der Waals surface area contributed by atoms with Crippen molar-refractivity contribution in [1.82, 2.24) is 9.80 Å². The van der Waals surface area contributed by atoms with E-state index in [1.54, 1.807) is 11.0 Å². The van der Waals surface area contributed by atoms with E-state index >= 15 is 0 Å². The van der Waals surface area contributed by atoms with Gasteiger partial charge in [0.2, 0.25) is 11.8 Å². The summed E-state index contributed by atoms with van der Waals surface area (Å²) in [4.78, 5) is 44.8. The van der Waals surface area contributed by atoms with Crippen molar-refractivity contribution in [2.45, 2.75) is 87.9 Å². The van der Waals surface area contributed by atoms with Crippen molar-refractivity contribution in [2.24, 2.45) is 17.8 Å². The van der Waals surface area contributed by atoms with Crippen molar-refractivity contribution in [3.05, 3.63) is 25.3 Å². The van der Waals surface area contributed by atoms with Crippen molar-refractivity contribution >= 4 is 33.7 Å². The van der Waals surface area contributed by atoms with Crippen LogP contribution in [0.1, 0.15) is 59.3 Å². The molecule has 3 unspecified atom stereocenters. The van der Waals surface area contributed by atoms with Crippen LogP contribution < -0.4 is 0 Å². The number of hydrogen-bond donors (Lipinski definition) is 1. The number of nitrogens with zero attached hydrogens (tertiary/aromatic N) is 2. The zero-order chi connectivity index (χ0) is 27.3. The van der Waals surface area contributed by atoms with E-state index in [1.807, 2.05) is 19.9 Å². The fraction of sp³-hybridized carbons (Fsp3) is 0.750. The molecule has 7 atom stereocenters. The van der Waals surface area contributed by atoms with Crippen molar-refractivity contribution < 1.29 is 29.0 Å². The first-order chi connectivity index (χ1) is 17.7. The van der Waals surface area contributed by atoms with Gasteiger partial charge >= 0.3 is 5.97 Å². The molecule has 0 aromatic carbocycles. The molecule has 0 aromatic heterocycles. The molecule has 3 saturated heterocycles. The maximum absolute atomic E-state index is 14.2. The molecule has 0 aliphatic carbocycles. The number of amides is 2. The number of rotatable bonds is 15. The molecular weight excluding hydrogens is 540 g/mol. The van der Waals surface area contributed by atoms with Crippen LogP contribution in [0.4, 0.5) is 0 Å². The summed E-state index contributed by atoms with van der Waals surface area (Å²) < 4.78 is 12.2. The minimum Gasteiger partial charge on any atom is -0.465 e. The molecule has 37 heavy (non-hydrogen) atoms. The molecular formula is C28H43BrN2O6. The van der Waals surface area contributed by atoms with E-state index in [2.05, 4.69) is 36.0 Å². The SMILES string of the molecule is C=CCCCCOC(=O)[C@H]1[C@@H]2OC3(CC2Br)C(C(=O)N(CC=C)CCCC)N([C@@H](CO)C(C)C)C(=O)[C@H]13. The lowest BCUT2D eigenvalue weighted by Gasteiger charge is -2.40. The lowest BCUT2D eigenvalue weighted by molar-refractivity contribution is -0.157. The third-order valence-corrected chi connectivity index (χ3v) is 8.88. The van der Waals surface area contributed by atoms with Gasteiger partial charge in [-0.1, -0.05) is 55.3 Å². The number of aliphatic hydroxyl groups is 1. The lowest BCUT2D eigenvalue weighted by Crippen LogP contribution is -2.60. The average Bonchev–Trinajstić information content (AvgIpc) is 3.45. The van der Waals surface area contributed by atoms with Crippen molar-refractivity contribution in [3.63, 3.8) is 0 Å². The highest BCUT2D eigenvalue weighted by Gasteiger charge is 2.77. The van der Waals surface area contributed by atoms with E-state index in [4.69, 9.17) is 9.47 Å². The molecule has 0 aromatic rings. The van der Waals surface area contributed by atoms with Gasteiger partial charge < -0.3 is 24.4 Å². The number of carbonyl (C=O) groups is 3. The van der Waals surface area contributed by atoms with Gasteiger partial charge in [0.15, 0.2) is 0 Å². The van der Waals surface area contributed by atoms with E-state index in [0.717, 1.165) is 25.7 Å². The molecule has 2 amide bonds. The second-order valence-corrected chi connectivity index (χ2v) is 12.0. The van der Waals surface area contributed by atoms with Crippen LogP contribution in [0, 0.1) is 17.8 Å². The first-order valence-electron chi connectivity index (χ1n) is 13.6. The fourth-order valence-electron chi connectivity index (χ4n) is 6.22. The van der Waals surface area contributed by atoms with E-state index in [9.17, 15) is 19.5 Å². The Balaban J connectivity index is 1.99. The zero-order valence-electron chi connectivity index (χ0n) is 22.4. The maximum atomic E-state index is 14.2. The quantitative estimate of drug-likeness (QED) is 0.137. The number of ether oxygens (including phenoxy) is 2. The average molecular weight is 584 g/mol. The Labute approximate surface area is 229 Å². The Kier molecular flexibility index (Phi) is 10.4. The van der Waals surface area contributed by atoms with E-state index in [1.165, 1.54) is 4.90 Å². The van der Waals surface area contributed by atoms with Gasteiger partial charge in [0.25, 0.3) is 0 Å². The number of fused-ring (bicyclic) bond motifs is 1. The number of carbonyl (C=O) groups excluding carboxylic acids is 3. The van der Waals surface area contributed by atoms with Gasteiger partial charge in [0, 0.05) is 17.9 Å². The summed E-state index contributed by atoms with van der Waals surface area (Å²) in [6, 6.07) is -1.51. The van der Waals surface area contributed by atoms with Crippen molar-refractivity contribution in [1.29, 1.82) is 0 Å². The smallest absolute Gasteiger partial charge is 0.312 e. The predicted molar refractivity (Wildman–Crippen MR) is 145 cm³/mol. The topological polar surface area (TPSA) is 96.4 Å². The highest BCUT2D eigenvalue weighted by atomic mass is 79.9. The summed E-state index contributed by atoms with van der Waals surface area (Å²) in [5.41, 5.74) is -1.16. The van der Waals surface area contributed by atoms with Crippen LogP contribution in [0.5, 0.6) is 0 Å². The molecule has 2 bridgehead atoms. The van der Waals surface area contributed by atoms with E-state index in [0.29, 0.717) is 25.9 Å². The van der Waals surface area contributed by atoms with Gasteiger partial charge in [0.05, 0.1) is 37.2 Å². The van der Waals surface area contributed by atoms with Gasteiger partial charge in [-0.05, 0) is 38.0 Å². The van der Waals surface area contributed by atoms with Gasteiger partial charge in [-0.2, -0.15) is 0 Å². The molecule has 3 rings (SSSR count). The molecule has 208 valence electrons. The lowest BCUT2D eigenvalue weighted by atomic mass is 9.70. The molecule has 3 aliphatic heterocycles. The standard InChI is InChI=1S/C28H43BrN2O6/c1-6-9-11-12-15-36-27(35)21-22-25(33)31(20(17-32)18(4)5)24(28(22)16-19(29)23(21)37-28)26(34)30(13-8-3)14-10-7-2/h6,8,18-24,32H,1,3,7,9-17H2,2,4-5H3/t19?,20-,21+,22-,23+,24?,28?/m0/s1. The Bertz CT molecular complexity index is 866. The number of unbranched alkanes of at least 4 members (excludes halogenated alkanes) is 3. The number of aliphatic hydroxyl groups excluding tert-OH is 1. The molecule has 3 aliphatic rings. The third kappa shape index (κ3) is 5.55. The van der Waals surface area contributed by atoms with Crippen LogP contribution in [0.2, 0.25) is 0 Å². The monoisotopic (exact) mass is 582 g/mol. The molecule has 1 spiro atoms. The normalized spacial score (nSPS) is 30.9. The molecule has 3 heterocycles. The largest absolute Gasteiger partial charge is 0.465 e. The van der Waals surface area contributed by atoms with Crippen LogP contribution in [-0.4, -0.2) is 87.6 Å². The van der Waals surface area contributed by atoms with Gasteiger partial charge in [-0.3, -0.25) is 14.4 Å². The van der Waals surface area contributed by atoms with Crippen LogP contribution in [0.3, 0.4) is 0 Å². The molecule has 9 heteroatoms. The maximum Gasteiger partial charge on any atom is 0.312 e. The number of esters is 1. The first kappa shape index (κ1) is 29.8. The van der Waals surface area contributed by atoms with E-state index < -0.39 is 41.6 Å². The van der Waals surface area contributed by atoms with E-state index in [-0.39, 0.29) is 35.8 Å². The predicted octanol–water partition coefficient (Wildman–Crippen LogP) is 3.47.